The summed E-state index contributed by atoms with van der Waals surface area (Å²) in [5, 5.41) is 1.02. The Kier molecular flexibility index (Phi) is 8.41. The molecule has 2 heterocycles. The zero-order valence-electron chi connectivity index (χ0n) is 21.8. The lowest BCUT2D eigenvalue weighted by Crippen LogP contribution is -2.44. The lowest BCUT2D eigenvalue weighted by Gasteiger charge is -2.34. The average Bonchev–Trinajstić information content (AvgIpc) is 3.36. The molecular weight excluding hydrogens is 456 g/mol. The number of carbonyl (C=O) groups is 1. The molecule has 0 spiro atoms. The first-order valence-electron chi connectivity index (χ1n) is 12.7. The minimum atomic E-state index is -0.568. The second-order valence-corrected chi connectivity index (χ2v) is 10.5. The van der Waals surface area contributed by atoms with E-state index < -0.39 is 5.41 Å². The number of benzene rings is 2. The van der Waals surface area contributed by atoms with Crippen LogP contribution in [-0.2, 0) is 9.53 Å². The first-order chi connectivity index (χ1) is 17.3. The zero-order valence-corrected chi connectivity index (χ0v) is 21.8. The van der Waals surface area contributed by atoms with Crippen molar-refractivity contribution >= 4 is 16.9 Å². The summed E-state index contributed by atoms with van der Waals surface area (Å²) in [5.41, 5.74) is 0.454. The van der Waals surface area contributed by atoms with Crippen molar-refractivity contribution in [3.8, 4) is 17.2 Å². The predicted octanol–water partition coefficient (Wildman–Crippen LogP) is 5.30. The van der Waals surface area contributed by atoms with Gasteiger partial charge in [-0.05, 0) is 83.0 Å². The molecule has 1 aromatic heterocycles. The topological polar surface area (TPSA) is 73.0 Å². The number of nitrogens with one attached hydrogen (secondary N) is 1. The number of nitrogens with zero attached hydrogens (tertiary/aromatic N) is 1. The van der Waals surface area contributed by atoms with Gasteiger partial charge in [0.1, 0.15) is 18.5 Å². The molecule has 7 nitrogen and oxygen atoms in total. The fraction of sp³-hybridized carbons (Fsp3) is 0.483. The second-order valence-electron chi connectivity index (χ2n) is 10.5. The summed E-state index contributed by atoms with van der Waals surface area (Å²) in [6.07, 6.45) is 3.60. The fourth-order valence-electron chi connectivity index (χ4n) is 4.39. The Morgan fingerprint density at radius 2 is 1.72 bits per heavy atom. The van der Waals surface area contributed by atoms with Crippen molar-refractivity contribution in [2.45, 2.75) is 39.7 Å². The molecule has 2 aromatic carbocycles. The standard InChI is InChI=1S/C29H38N2O5/c1-29(2,3)28(32)36-22(20-35-25-11-7-8-24-23(25)12-15-30-24)18-31-16-13-21(14-17-31)19-34-27-10-6-5-9-26(27)33-4/h5-12,15,21-22,30H,13-14,16-20H2,1-4H3. The normalized spacial score (nSPS) is 16.0. The van der Waals surface area contributed by atoms with Gasteiger partial charge in [-0.15, -0.1) is 0 Å². The van der Waals surface area contributed by atoms with E-state index in [9.17, 15) is 4.79 Å². The van der Waals surface area contributed by atoms with Crippen LogP contribution in [0.4, 0.5) is 0 Å². The molecule has 1 saturated heterocycles. The van der Waals surface area contributed by atoms with Crippen LogP contribution in [0.5, 0.6) is 17.2 Å². The first-order valence-corrected chi connectivity index (χ1v) is 12.7. The number of ether oxygens (including phenoxy) is 4. The summed E-state index contributed by atoms with van der Waals surface area (Å²) in [5.74, 6) is 2.60. The molecule has 1 N–H and O–H groups in total. The fourth-order valence-corrected chi connectivity index (χ4v) is 4.39. The zero-order chi connectivity index (χ0) is 25.5. The lowest BCUT2D eigenvalue weighted by molar-refractivity contribution is -0.161. The Bertz CT molecular complexity index is 1130. The minimum absolute atomic E-state index is 0.212. The Balaban J connectivity index is 1.32. The van der Waals surface area contributed by atoms with E-state index in [0.29, 0.717) is 25.7 Å². The highest BCUT2D eigenvalue weighted by atomic mass is 16.6. The molecule has 3 aromatic rings. The Morgan fingerprint density at radius 1 is 1.00 bits per heavy atom. The lowest BCUT2D eigenvalue weighted by atomic mass is 9.97. The number of methoxy groups -OCH3 is 1. The van der Waals surface area contributed by atoms with E-state index in [1.165, 1.54) is 0 Å². The summed E-state index contributed by atoms with van der Waals surface area (Å²) < 4.78 is 23.6. The van der Waals surface area contributed by atoms with E-state index in [1.54, 1.807) is 7.11 Å². The highest BCUT2D eigenvalue weighted by molar-refractivity contribution is 5.85. The maximum atomic E-state index is 12.7. The largest absolute Gasteiger partial charge is 0.493 e. The molecule has 1 unspecified atom stereocenters. The summed E-state index contributed by atoms with van der Waals surface area (Å²) in [7, 11) is 1.66. The van der Waals surface area contributed by atoms with E-state index >= 15 is 0 Å². The van der Waals surface area contributed by atoms with Crippen molar-refractivity contribution in [2.75, 3.05) is 40.0 Å². The molecular formula is C29H38N2O5. The summed E-state index contributed by atoms with van der Waals surface area (Å²) >= 11 is 0. The van der Waals surface area contributed by atoms with Crippen LogP contribution in [0.1, 0.15) is 33.6 Å². The number of likely N-dealkylation sites (tertiary alicyclic amines) is 1. The maximum absolute atomic E-state index is 12.7. The SMILES string of the molecule is COc1ccccc1OCC1CCN(CC(COc2cccc3[nH]ccc23)OC(=O)C(C)(C)C)CC1. The molecule has 1 aliphatic rings. The third-order valence-corrected chi connectivity index (χ3v) is 6.58. The number of hydrogen-bond acceptors (Lipinski definition) is 6. The van der Waals surface area contributed by atoms with Crippen molar-refractivity contribution < 1.29 is 23.7 Å². The van der Waals surface area contributed by atoms with Crippen molar-refractivity contribution in [1.29, 1.82) is 0 Å². The summed E-state index contributed by atoms with van der Waals surface area (Å²) in [6.45, 7) is 9.10. The number of carbonyl (C=O) groups excluding carboxylic acids is 1. The van der Waals surface area contributed by atoms with E-state index in [1.807, 2.05) is 75.5 Å². The number of aromatic amines is 1. The predicted molar refractivity (Wildman–Crippen MR) is 141 cm³/mol. The maximum Gasteiger partial charge on any atom is 0.311 e. The second kappa shape index (κ2) is 11.7. The van der Waals surface area contributed by atoms with Crippen LogP contribution in [-0.4, -0.2) is 61.9 Å². The van der Waals surface area contributed by atoms with E-state index in [2.05, 4.69) is 9.88 Å². The monoisotopic (exact) mass is 494 g/mol. The molecule has 194 valence electrons. The van der Waals surface area contributed by atoms with E-state index in [4.69, 9.17) is 18.9 Å². The van der Waals surface area contributed by atoms with Gasteiger partial charge >= 0.3 is 5.97 Å². The van der Waals surface area contributed by atoms with Crippen LogP contribution in [0.15, 0.2) is 54.7 Å². The van der Waals surface area contributed by atoms with Crippen molar-refractivity contribution in [3.63, 3.8) is 0 Å². The van der Waals surface area contributed by atoms with Crippen LogP contribution >= 0.6 is 0 Å². The van der Waals surface area contributed by atoms with E-state index in [-0.39, 0.29) is 12.1 Å². The summed E-state index contributed by atoms with van der Waals surface area (Å²) in [6, 6.07) is 15.7. The number of esters is 1. The molecule has 1 aliphatic heterocycles. The van der Waals surface area contributed by atoms with Crippen LogP contribution in [0.3, 0.4) is 0 Å². The molecule has 0 saturated carbocycles. The number of para-hydroxylation sites is 2. The molecule has 36 heavy (non-hydrogen) atoms. The molecule has 4 rings (SSSR count). The van der Waals surface area contributed by atoms with E-state index in [0.717, 1.165) is 54.1 Å². The summed E-state index contributed by atoms with van der Waals surface area (Å²) in [4.78, 5) is 18.3. The third-order valence-electron chi connectivity index (χ3n) is 6.58. The van der Waals surface area contributed by atoms with Gasteiger partial charge in [-0.3, -0.25) is 9.69 Å². The van der Waals surface area contributed by atoms with Gasteiger partial charge in [0.15, 0.2) is 11.5 Å². The highest BCUT2D eigenvalue weighted by Gasteiger charge is 2.29. The van der Waals surface area contributed by atoms with Crippen molar-refractivity contribution in [1.82, 2.24) is 9.88 Å². The number of rotatable bonds is 10. The number of piperidine rings is 1. The van der Waals surface area contributed by atoms with Gasteiger partial charge in [-0.2, -0.15) is 0 Å². The van der Waals surface area contributed by atoms with Crippen LogP contribution in [0.25, 0.3) is 10.9 Å². The molecule has 1 fully saturated rings. The molecule has 0 aliphatic carbocycles. The van der Waals surface area contributed by atoms with Gasteiger partial charge in [0, 0.05) is 23.6 Å². The quantitative estimate of drug-likeness (QED) is 0.386. The van der Waals surface area contributed by atoms with Gasteiger partial charge in [0.25, 0.3) is 0 Å². The highest BCUT2D eigenvalue weighted by Crippen LogP contribution is 2.28. The third kappa shape index (κ3) is 6.72. The Morgan fingerprint density at radius 3 is 2.44 bits per heavy atom. The van der Waals surface area contributed by atoms with Crippen LogP contribution < -0.4 is 14.2 Å². The van der Waals surface area contributed by atoms with Gasteiger partial charge in [-0.1, -0.05) is 18.2 Å². The average molecular weight is 495 g/mol. The van der Waals surface area contributed by atoms with Crippen molar-refractivity contribution in [3.05, 3.63) is 54.7 Å². The number of hydrogen-bond donors (Lipinski definition) is 1. The smallest absolute Gasteiger partial charge is 0.311 e. The van der Waals surface area contributed by atoms with Crippen LogP contribution in [0.2, 0.25) is 0 Å². The molecule has 7 heteroatoms. The molecule has 0 bridgehead atoms. The van der Waals surface area contributed by atoms with Gasteiger partial charge < -0.3 is 23.9 Å². The Hall–Kier alpha value is -3.19. The van der Waals surface area contributed by atoms with Gasteiger partial charge in [-0.25, -0.2) is 0 Å². The van der Waals surface area contributed by atoms with Gasteiger partial charge in [0.05, 0.1) is 19.1 Å². The molecule has 1 atom stereocenters. The number of fused-ring (bicyclic) bond motifs is 1. The van der Waals surface area contributed by atoms with Crippen LogP contribution in [0, 0.1) is 11.3 Å². The number of H-pyrrole nitrogens is 1. The molecule has 0 amide bonds. The number of aromatic nitrogens is 1. The first kappa shape index (κ1) is 25.9. The Labute approximate surface area is 213 Å². The van der Waals surface area contributed by atoms with Crippen molar-refractivity contribution in [2.24, 2.45) is 11.3 Å². The minimum Gasteiger partial charge on any atom is -0.493 e. The van der Waals surface area contributed by atoms with Gasteiger partial charge in [0.2, 0.25) is 0 Å². The molecule has 0 radical (unpaired) electrons.